The van der Waals surface area contributed by atoms with E-state index in [-0.39, 0.29) is 0 Å². The van der Waals surface area contributed by atoms with Gasteiger partial charge in [0.1, 0.15) is 0 Å². The first-order valence-corrected chi connectivity index (χ1v) is 7.49. The molecule has 0 bridgehead atoms. The van der Waals surface area contributed by atoms with Crippen molar-refractivity contribution in [3.63, 3.8) is 0 Å². The average Bonchev–Trinajstić information content (AvgIpc) is 2.14. The van der Waals surface area contributed by atoms with Gasteiger partial charge in [-0.15, -0.1) is 0 Å². The Morgan fingerprint density at radius 2 is 1.58 bits per heavy atom. The van der Waals surface area contributed by atoms with Crippen LogP contribution in [0.25, 0.3) is 0 Å². The lowest BCUT2D eigenvalue weighted by Gasteiger charge is -2.29. The molecule has 0 unspecified atom stereocenters. The molecule has 12 heavy (non-hydrogen) atoms. The molecule has 0 saturated carbocycles. The Morgan fingerprint density at radius 1 is 1.17 bits per heavy atom. The first kappa shape index (κ1) is 11.8. The van der Waals surface area contributed by atoms with Crippen LogP contribution >= 0.6 is 0 Å². The van der Waals surface area contributed by atoms with Crippen LogP contribution in [0.15, 0.2) is 11.8 Å². The summed E-state index contributed by atoms with van der Waals surface area (Å²) >= 11 is 0. The van der Waals surface area contributed by atoms with Crippen molar-refractivity contribution in [1.82, 2.24) is 0 Å². The summed E-state index contributed by atoms with van der Waals surface area (Å²) in [5, 5.41) is 0. The van der Waals surface area contributed by atoms with Crippen molar-refractivity contribution in [2.45, 2.75) is 52.8 Å². The molecular formula is C10H22OSi. The van der Waals surface area contributed by atoms with Crippen molar-refractivity contribution in [1.29, 1.82) is 0 Å². The summed E-state index contributed by atoms with van der Waals surface area (Å²) in [6.45, 7) is 10.9. The fourth-order valence-electron chi connectivity index (χ4n) is 1.37. The molecule has 1 nitrogen and oxygen atoms in total. The predicted molar refractivity (Wildman–Crippen MR) is 57.7 cm³/mol. The number of rotatable bonds is 5. The topological polar surface area (TPSA) is 9.23 Å². The molecule has 0 rings (SSSR count). The molecule has 0 aliphatic heterocycles. The molecule has 0 aromatic carbocycles. The molecule has 0 heterocycles. The van der Waals surface area contributed by atoms with E-state index in [1.54, 1.807) is 0 Å². The van der Waals surface area contributed by atoms with Gasteiger partial charge in [0.05, 0.1) is 5.76 Å². The second kappa shape index (κ2) is 5.41. The van der Waals surface area contributed by atoms with E-state index >= 15 is 0 Å². The Bertz CT molecular complexity index is 140. The quantitative estimate of drug-likeness (QED) is 0.467. The summed E-state index contributed by atoms with van der Waals surface area (Å²) in [5.74, 6) is 1.10. The van der Waals surface area contributed by atoms with Crippen molar-refractivity contribution in [2.75, 3.05) is 0 Å². The van der Waals surface area contributed by atoms with Gasteiger partial charge < -0.3 is 4.43 Å². The van der Waals surface area contributed by atoms with Crippen LogP contribution in [0.3, 0.4) is 0 Å². The maximum Gasteiger partial charge on any atom is 0.250 e. The van der Waals surface area contributed by atoms with Gasteiger partial charge in [0.25, 0.3) is 0 Å². The van der Waals surface area contributed by atoms with Crippen molar-refractivity contribution in [3.05, 3.63) is 11.8 Å². The fraction of sp³-hybridized carbons (Fsp3) is 0.800. The third kappa shape index (κ3) is 3.01. The van der Waals surface area contributed by atoms with Crippen LogP contribution in [-0.2, 0) is 4.43 Å². The molecule has 0 atom stereocenters. The smallest absolute Gasteiger partial charge is 0.250 e. The van der Waals surface area contributed by atoms with Crippen LogP contribution in [0.4, 0.5) is 0 Å². The number of allylic oxidation sites excluding steroid dienone is 2. The zero-order valence-electron chi connectivity index (χ0n) is 9.11. The highest BCUT2D eigenvalue weighted by atomic mass is 28.4. The lowest BCUT2D eigenvalue weighted by Crippen LogP contribution is -2.34. The van der Waals surface area contributed by atoms with Gasteiger partial charge >= 0.3 is 0 Å². The van der Waals surface area contributed by atoms with Gasteiger partial charge in [-0.25, -0.2) is 0 Å². The maximum absolute atomic E-state index is 6.03. The summed E-state index contributed by atoms with van der Waals surface area (Å²) in [5.41, 5.74) is 0. The monoisotopic (exact) mass is 186 g/mol. The van der Waals surface area contributed by atoms with Crippen LogP contribution in [0.2, 0.25) is 18.1 Å². The molecule has 72 valence electrons. The number of hydrogen-bond acceptors (Lipinski definition) is 1. The Labute approximate surface area is 78.0 Å². The van der Waals surface area contributed by atoms with Gasteiger partial charge in [-0.2, -0.15) is 0 Å². The Hall–Kier alpha value is -0.243. The van der Waals surface area contributed by atoms with E-state index in [1.807, 2.05) is 6.92 Å². The van der Waals surface area contributed by atoms with Crippen molar-refractivity contribution in [3.8, 4) is 0 Å². The Morgan fingerprint density at radius 3 is 1.83 bits per heavy atom. The second-order valence-electron chi connectivity index (χ2n) is 3.25. The molecule has 0 aliphatic rings. The SMILES string of the molecule is C/C=C(/C)O[Si](CC)(CC)CC. The van der Waals surface area contributed by atoms with Gasteiger partial charge in [-0.1, -0.05) is 26.8 Å². The van der Waals surface area contributed by atoms with Crippen molar-refractivity contribution >= 4 is 8.32 Å². The van der Waals surface area contributed by atoms with Gasteiger partial charge in [-0.3, -0.25) is 0 Å². The van der Waals surface area contributed by atoms with E-state index in [9.17, 15) is 0 Å². The molecule has 0 spiro atoms. The summed E-state index contributed by atoms with van der Waals surface area (Å²) < 4.78 is 6.03. The first-order valence-electron chi connectivity index (χ1n) is 4.96. The van der Waals surface area contributed by atoms with Crippen LogP contribution < -0.4 is 0 Å². The molecular weight excluding hydrogens is 164 g/mol. The maximum atomic E-state index is 6.03. The normalized spacial score (nSPS) is 13.2. The summed E-state index contributed by atoms with van der Waals surface area (Å²) in [7, 11) is -1.37. The van der Waals surface area contributed by atoms with Gasteiger partial charge in [-0.05, 0) is 32.0 Å². The summed E-state index contributed by atoms with van der Waals surface area (Å²) in [6.07, 6.45) is 2.06. The Kier molecular flexibility index (Phi) is 5.30. The zero-order chi connectivity index (χ0) is 9.61. The standard InChI is InChI=1S/C10H22OSi/c1-6-10(5)11-12(7-2,8-3)9-4/h6H,7-9H2,1-5H3/b10-6-. The van der Waals surface area contributed by atoms with E-state index in [0.717, 1.165) is 5.76 Å². The average molecular weight is 186 g/mol. The molecule has 2 heteroatoms. The zero-order valence-corrected chi connectivity index (χ0v) is 10.1. The minimum absolute atomic E-state index is 1.10. The van der Waals surface area contributed by atoms with Gasteiger partial charge in [0.2, 0.25) is 8.32 Å². The van der Waals surface area contributed by atoms with Crippen LogP contribution in [0, 0.1) is 0 Å². The van der Waals surface area contributed by atoms with E-state index in [2.05, 4.69) is 33.8 Å². The first-order chi connectivity index (χ1) is 5.64. The highest BCUT2D eigenvalue weighted by Gasteiger charge is 2.30. The second-order valence-corrected chi connectivity index (χ2v) is 7.94. The van der Waals surface area contributed by atoms with E-state index < -0.39 is 8.32 Å². The molecule has 0 N–H and O–H groups in total. The molecule has 0 aromatic rings. The lowest BCUT2D eigenvalue weighted by atomic mass is 10.5. The molecule has 0 radical (unpaired) electrons. The molecule has 0 aromatic heterocycles. The van der Waals surface area contributed by atoms with Crippen LogP contribution in [-0.4, -0.2) is 8.32 Å². The third-order valence-electron chi connectivity index (χ3n) is 2.72. The molecule has 0 saturated heterocycles. The minimum atomic E-state index is -1.37. The summed E-state index contributed by atoms with van der Waals surface area (Å²) in [4.78, 5) is 0. The fourth-order valence-corrected chi connectivity index (χ4v) is 4.10. The van der Waals surface area contributed by atoms with E-state index in [0.29, 0.717) is 0 Å². The van der Waals surface area contributed by atoms with Gasteiger partial charge in [0.15, 0.2) is 0 Å². The van der Waals surface area contributed by atoms with Crippen LogP contribution in [0.5, 0.6) is 0 Å². The van der Waals surface area contributed by atoms with Crippen LogP contribution in [0.1, 0.15) is 34.6 Å². The van der Waals surface area contributed by atoms with Crippen molar-refractivity contribution < 1.29 is 4.43 Å². The highest BCUT2D eigenvalue weighted by molar-refractivity contribution is 6.73. The molecule has 0 aliphatic carbocycles. The summed E-state index contributed by atoms with van der Waals surface area (Å²) in [6, 6.07) is 3.68. The highest BCUT2D eigenvalue weighted by Crippen LogP contribution is 2.24. The Balaban J connectivity index is 4.30. The third-order valence-corrected chi connectivity index (χ3v) is 7.34. The molecule has 0 fully saturated rings. The number of hydrogen-bond donors (Lipinski definition) is 0. The van der Waals surface area contributed by atoms with E-state index in [4.69, 9.17) is 4.43 Å². The lowest BCUT2D eigenvalue weighted by molar-refractivity contribution is 0.406. The largest absolute Gasteiger partial charge is 0.547 e. The predicted octanol–water partition coefficient (Wildman–Crippen LogP) is 3.93. The molecule has 0 amide bonds. The minimum Gasteiger partial charge on any atom is -0.547 e. The van der Waals surface area contributed by atoms with Gasteiger partial charge in [0, 0.05) is 0 Å². The van der Waals surface area contributed by atoms with Crippen molar-refractivity contribution in [2.24, 2.45) is 0 Å². The van der Waals surface area contributed by atoms with E-state index in [1.165, 1.54) is 18.1 Å².